The second kappa shape index (κ2) is 9.89. The number of ether oxygens (including phenoxy) is 3. The Kier molecular flexibility index (Phi) is 6.54. The molecule has 1 N–H and O–H groups in total. The van der Waals surface area contributed by atoms with Crippen molar-refractivity contribution in [2.75, 3.05) is 20.4 Å². The van der Waals surface area contributed by atoms with E-state index in [9.17, 15) is 5.11 Å². The van der Waals surface area contributed by atoms with Gasteiger partial charge < -0.3 is 24.2 Å². The minimum atomic E-state index is -0.0952. The predicted octanol–water partition coefficient (Wildman–Crippen LogP) is 4.97. The highest BCUT2D eigenvalue weighted by Gasteiger charge is 2.27. The Labute approximate surface area is 199 Å². The zero-order chi connectivity index (χ0) is 23.5. The van der Waals surface area contributed by atoms with Gasteiger partial charge in [0.1, 0.15) is 12.4 Å². The van der Waals surface area contributed by atoms with Crippen molar-refractivity contribution in [1.29, 1.82) is 0 Å². The van der Waals surface area contributed by atoms with E-state index in [1.165, 1.54) is 5.56 Å². The van der Waals surface area contributed by atoms with Gasteiger partial charge in [-0.1, -0.05) is 42.5 Å². The number of hydrogen-bond donors (Lipinski definition) is 1. The maximum Gasteiger partial charge on any atom is 0.231 e. The van der Waals surface area contributed by atoms with Crippen molar-refractivity contribution in [1.82, 2.24) is 5.06 Å². The largest absolute Gasteiger partial charge is 0.489 e. The van der Waals surface area contributed by atoms with Crippen LogP contribution in [0.4, 0.5) is 0 Å². The molecule has 0 saturated heterocycles. The van der Waals surface area contributed by atoms with Gasteiger partial charge in [0.15, 0.2) is 11.5 Å². The van der Waals surface area contributed by atoms with Crippen LogP contribution in [-0.2, 0) is 24.5 Å². The lowest BCUT2D eigenvalue weighted by atomic mass is 9.90. The van der Waals surface area contributed by atoms with E-state index in [2.05, 4.69) is 25.1 Å². The third-order valence-electron chi connectivity index (χ3n) is 6.41. The second-order valence-electron chi connectivity index (χ2n) is 8.53. The minimum absolute atomic E-state index is 0.0907. The number of aliphatic hydroxyl groups is 1. The van der Waals surface area contributed by atoms with Crippen LogP contribution in [0.25, 0.3) is 6.08 Å². The van der Waals surface area contributed by atoms with Gasteiger partial charge in [-0.15, -0.1) is 0 Å². The van der Waals surface area contributed by atoms with Gasteiger partial charge in [-0.2, -0.15) is 5.06 Å². The average molecular weight is 460 g/mol. The summed E-state index contributed by atoms with van der Waals surface area (Å²) in [5.74, 6) is 2.28. The Bertz CT molecular complexity index is 1190. The Morgan fingerprint density at radius 2 is 1.88 bits per heavy atom. The molecule has 34 heavy (non-hydrogen) atoms. The first-order valence-electron chi connectivity index (χ1n) is 11.5. The first-order valence-corrected chi connectivity index (χ1v) is 11.5. The zero-order valence-electron chi connectivity index (χ0n) is 19.5. The second-order valence-corrected chi connectivity index (χ2v) is 8.53. The summed E-state index contributed by atoms with van der Waals surface area (Å²) in [5, 5.41) is 12.1. The number of hydrogen-bond acceptors (Lipinski definition) is 6. The number of hydroxylamine groups is 2. The van der Waals surface area contributed by atoms with E-state index in [-0.39, 0.29) is 19.4 Å². The number of rotatable bonds is 7. The molecule has 0 fully saturated rings. The minimum Gasteiger partial charge on any atom is -0.489 e. The smallest absolute Gasteiger partial charge is 0.231 e. The summed E-state index contributed by atoms with van der Waals surface area (Å²) in [6, 6.07) is 18.1. The molecule has 0 amide bonds. The van der Waals surface area contributed by atoms with Crippen LogP contribution in [0.1, 0.15) is 39.4 Å². The van der Waals surface area contributed by atoms with Crippen LogP contribution in [0.2, 0.25) is 0 Å². The molecule has 0 saturated carbocycles. The Balaban J connectivity index is 1.44. The van der Waals surface area contributed by atoms with Crippen LogP contribution in [-0.4, -0.2) is 30.6 Å². The molecule has 176 valence electrons. The van der Waals surface area contributed by atoms with E-state index in [1.54, 1.807) is 7.11 Å². The van der Waals surface area contributed by atoms with E-state index in [0.717, 1.165) is 58.0 Å². The Hall–Kier alpha value is -3.32. The van der Waals surface area contributed by atoms with Crippen molar-refractivity contribution in [2.45, 2.75) is 32.6 Å². The van der Waals surface area contributed by atoms with Crippen molar-refractivity contribution >= 4 is 6.08 Å². The third-order valence-corrected chi connectivity index (χ3v) is 6.41. The average Bonchev–Trinajstić information content (AvgIpc) is 3.32. The Morgan fingerprint density at radius 3 is 2.65 bits per heavy atom. The van der Waals surface area contributed by atoms with Crippen LogP contribution >= 0.6 is 0 Å². The number of nitrogens with zero attached hydrogens (tertiary/aromatic N) is 1. The summed E-state index contributed by atoms with van der Waals surface area (Å²) in [4.78, 5) is 5.71. The van der Waals surface area contributed by atoms with Crippen LogP contribution in [0.5, 0.6) is 17.2 Å². The van der Waals surface area contributed by atoms with Gasteiger partial charge in [-0.05, 0) is 65.4 Å². The molecular weight excluding hydrogens is 430 g/mol. The van der Waals surface area contributed by atoms with Gasteiger partial charge in [0.2, 0.25) is 6.79 Å². The molecule has 0 aromatic heterocycles. The zero-order valence-corrected chi connectivity index (χ0v) is 19.5. The van der Waals surface area contributed by atoms with Crippen molar-refractivity contribution in [3.8, 4) is 17.2 Å². The summed E-state index contributed by atoms with van der Waals surface area (Å²) in [6.45, 7) is 3.44. The van der Waals surface area contributed by atoms with Crippen molar-refractivity contribution in [3.05, 3.63) is 94.1 Å². The van der Waals surface area contributed by atoms with Gasteiger partial charge in [0.25, 0.3) is 0 Å². The van der Waals surface area contributed by atoms with Gasteiger partial charge in [-0.25, -0.2) is 0 Å². The molecule has 5 rings (SSSR count). The van der Waals surface area contributed by atoms with Crippen molar-refractivity contribution in [2.24, 2.45) is 0 Å². The summed E-state index contributed by atoms with van der Waals surface area (Å²) in [5.41, 5.74) is 6.35. The fraction of sp³-hybridized carbons (Fsp3) is 0.286. The molecule has 6 heteroatoms. The van der Waals surface area contributed by atoms with E-state index in [0.29, 0.717) is 6.61 Å². The van der Waals surface area contributed by atoms with E-state index >= 15 is 0 Å². The molecule has 0 bridgehead atoms. The number of benzene rings is 3. The van der Waals surface area contributed by atoms with Gasteiger partial charge in [0, 0.05) is 12.1 Å². The molecule has 0 aliphatic carbocycles. The van der Waals surface area contributed by atoms with Gasteiger partial charge in [0.05, 0.1) is 19.8 Å². The van der Waals surface area contributed by atoms with Crippen LogP contribution < -0.4 is 14.2 Å². The predicted molar refractivity (Wildman–Crippen MR) is 130 cm³/mol. The first kappa shape index (κ1) is 22.5. The molecule has 2 aliphatic rings. The summed E-state index contributed by atoms with van der Waals surface area (Å²) >= 11 is 0. The Morgan fingerprint density at radius 1 is 1.09 bits per heavy atom. The molecule has 2 heterocycles. The number of aliphatic hydroxyl groups excluding tert-OH is 1. The molecule has 0 radical (unpaired) electrons. The molecule has 2 aliphatic heterocycles. The molecule has 3 aromatic carbocycles. The molecule has 3 aromatic rings. The van der Waals surface area contributed by atoms with Gasteiger partial charge in [-0.3, -0.25) is 0 Å². The number of fused-ring (bicyclic) bond motifs is 2. The van der Waals surface area contributed by atoms with E-state index in [4.69, 9.17) is 19.0 Å². The molecule has 1 unspecified atom stereocenters. The summed E-state index contributed by atoms with van der Waals surface area (Å²) < 4.78 is 17.1. The molecular formula is C28H29NO5. The topological polar surface area (TPSA) is 60.4 Å². The normalized spacial score (nSPS) is 17.2. The highest BCUT2D eigenvalue weighted by Crippen LogP contribution is 2.38. The third kappa shape index (κ3) is 4.53. The summed E-state index contributed by atoms with van der Waals surface area (Å²) in [7, 11) is 1.70. The lowest BCUT2D eigenvalue weighted by Crippen LogP contribution is -2.33. The molecule has 0 spiro atoms. The van der Waals surface area contributed by atoms with E-state index in [1.807, 2.05) is 53.6 Å². The fourth-order valence-corrected chi connectivity index (χ4v) is 4.53. The lowest BCUT2D eigenvalue weighted by Gasteiger charge is -2.34. The lowest BCUT2D eigenvalue weighted by molar-refractivity contribution is -0.155. The highest BCUT2D eigenvalue weighted by atomic mass is 16.7. The van der Waals surface area contributed by atoms with Crippen LogP contribution in [0.15, 0.2) is 60.7 Å². The van der Waals surface area contributed by atoms with Crippen LogP contribution in [0.3, 0.4) is 0 Å². The molecule has 1 atom stereocenters. The molecule has 6 nitrogen and oxygen atoms in total. The first-order chi connectivity index (χ1) is 16.7. The number of aryl methyl sites for hydroxylation is 1. The monoisotopic (exact) mass is 459 g/mol. The van der Waals surface area contributed by atoms with E-state index < -0.39 is 0 Å². The summed E-state index contributed by atoms with van der Waals surface area (Å²) in [6.07, 6.45) is 5.07. The standard InChI is InChI=1S/C28H29NO5/c1-19-12-27-28(34-18-33-27)14-21(19)8-9-25-24-13-23(16-30)26(15-22(24)10-11-29(25)31-2)32-17-20-6-4-3-5-7-20/h3-9,12-15,25,30H,10-11,16-18H2,1-2H3/b9-8+. The highest BCUT2D eigenvalue weighted by molar-refractivity contribution is 5.61. The maximum atomic E-state index is 10.1. The van der Waals surface area contributed by atoms with Crippen LogP contribution in [0, 0.1) is 6.92 Å². The maximum absolute atomic E-state index is 10.1. The van der Waals surface area contributed by atoms with Crippen molar-refractivity contribution in [3.63, 3.8) is 0 Å². The SMILES string of the molecule is CON1CCc2cc(OCc3ccccc3)c(CO)cc2C1/C=C/c1cc2c(cc1C)OCO2. The van der Waals surface area contributed by atoms with Crippen molar-refractivity contribution < 1.29 is 24.2 Å². The van der Waals surface area contributed by atoms with Gasteiger partial charge >= 0.3 is 0 Å². The fourth-order valence-electron chi connectivity index (χ4n) is 4.53. The quantitative estimate of drug-likeness (QED) is 0.538.